The number of anilines is 2. The zero-order valence-corrected chi connectivity index (χ0v) is 18.0. The lowest BCUT2D eigenvalue weighted by Gasteiger charge is -2.29. The van der Waals surface area contributed by atoms with Crippen LogP contribution in [0, 0.1) is 12.8 Å². The van der Waals surface area contributed by atoms with Crippen molar-refractivity contribution in [3.8, 4) is 0 Å². The summed E-state index contributed by atoms with van der Waals surface area (Å²) in [6.07, 6.45) is -0.934. The van der Waals surface area contributed by atoms with Crippen molar-refractivity contribution in [2.45, 2.75) is 19.1 Å². The fourth-order valence-electron chi connectivity index (χ4n) is 4.24. The molecule has 2 fully saturated rings. The van der Waals surface area contributed by atoms with Crippen LogP contribution in [0.15, 0.2) is 72.8 Å². The van der Waals surface area contributed by atoms with Gasteiger partial charge in [0, 0.05) is 10.0 Å². The highest BCUT2D eigenvalue weighted by Gasteiger charge is 2.60. The van der Waals surface area contributed by atoms with Gasteiger partial charge in [0.25, 0.3) is 5.91 Å². The Morgan fingerprint density at radius 2 is 1.45 bits per heavy atom. The van der Waals surface area contributed by atoms with Crippen molar-refractivity contribution in [1.82, 2.24) is 0 Å². The minimum absolute atomic E-state index is 0.336. The van der Waals surface area contributed by atoms with Crippen LogP contribution in [0.1, 0.15) is 17.2 Å². The number of aryl methyl sites for hydroxylation is 1. The van der Waals surface area contributed by atoms with Crippen LogP contribution in [0.5, 0.6) is 0 Å². The highest BCUT2D eigenvalue weighted by atomic mass is 35.5. The number of fused-ring (bicyclic) bond motifs is 1. The molecule has 156 valence electrons. The Morgan fingerprint density at radius 1 is 0.806 bits per heavy atom. The van der Waals surface area contributed by atoms with Gasteiger partial charge < -0.3 is 0 Å². The molecule has 0 bridgehead atoms. The molecule has 7 heteroatoms. The largest absolute Gasteiger partial charge is 0.273 e. The minimum Gasteiger partial charge on any atom is -0.273 e. The molecule has 0 spiro atoms. The Balaban J connectivity index is 1.59. The van der Waals surface area contributed by atoms with E-state index in [1.807, 2.05) is 61.5 Å². The summed E-state index contributed by atoms with van der Waals surface area (Å²) in [6.45, 7) is 2.00. The molecular weight excluding hydrogens is 435 g/mol. The molecule has 0 saturated carbocycles. The Hall–Kier alpha value is -2.86. The van der Waals surface area contributed by atoms with Crippen LogP contribution in [0.2, 0.25) is 10.0 Å². The Kier molecular flexibility index (Phi) is 4.97. The molecule has 0 aliphatic carbocycles. The van der Waals surface area contributed by atoms with Crippen LogP contribution in [0.3, 0.4) is 0 Å². The van der Waals surface area contributed by atoms with Crippen molar-refractivity contribution in [3.63, 3.8) is 0 Å². The van der Waals surface area contributed by atoms with Crippen LogP contribution in [0.25, 0.3) is 0 Å². The van der Waals surface area contributed by atoms with E-state index in [1.165, 1.54) is 0 Å². The number of hydrogen-bond donors (Lipinski definition) is 0. The van der Waals surface area contributed by atoms with Crippen LogP contribution in [-0.4, -0.2) is 17.9 Å². The average molecular weight is 453 g/mol. The van der Waals surface area contributed by atoms with E-state index >= 15 is 0 Å². The number of hydroxylamine groups is 1. The Labute approximate surface area is 189 Å². The lowest BCUT2D eigenvalue weighted by atomic mass is 9.90. The number of hydrogen-bond acceptors (Lipinski definition) is 4. The molecule has 2 heterocycles. The summed E-state index contributed by atoms with van der Waals surface area (Å²) in [5.74, 6) is -1.46. The molecular formula is C24H18Cl2N2O3. The van der Waals surface area contributed by atoms with Crippen molar-refractivity contribution in [2.75, 3.05) is 9.96 Å². The molecule has 0 aromatic heterocycles. The van der Waals surface area contributed by atoms with Gasteiger partial charge in [0.15, 0.2) is 6.10 Å². The molecule has 2 aliphatic heterocycles. The second-order valence-electron chi connectivity index (χ2n) is 7.71. The van der Waals surface area contributed by atoms with Crippen molar-refractivity contribution in [2.24, 2.45) is 5.92 Å². The van der Waals surface area contributed by atoms with Crippen LogP contribution in [0.4, 0.5) is 11.4 Å². The molecule has 0 radical (unpaired) electrons. The zero-order valence-electron chi connectivity index (χ0n) is 16.5. The third kappa shape index (κ3) is 3.39. The summed E-state index contributed by atoms with van der Waals surface area (Å²) in [7, 11) is 0. The monoisotopic (exact) mass is 452 g/mol. The van der Waals surface area contributed by atoms with Crippen LogP contribution < -0.4 is 9.96 Å². The van der Waals surface area contributed by atoms with E-state index in [1.54, 1.807) is 23.3 Å². The smallest absolute Gasteiger partial charge is 0.266 e. The van der Waals surface area contributed by atoms with Crippen molar-refractivity contribution < 1.29 is 14.4 Å². The van der Waals surface area contributed by atoms with Crippen molar-refractivity contribution >= 4 is 46.4 Å². The number of carbonyl (C=O) groups is 2. The average Bonchev–Trinajstić information content (AvgIpc) is 3.25. The first-order valence-corrected chi connectivity index (χ1v) is 10.6. The molecule has 2 saturated heterocycles. The highest BCUT2D eigenvalue weighted by Crippen LogP contribution is 2.47. The van der Waals surface area contributed by atoms with E-state index in [0.29, 0.717) is 15.7 Å². The predicted molar refractivity (Wildman–Crippen MR) is 120 cm³/mol. The van der Waals surface area contributed by atoms with Gasteiger partial charge in [-0.05, 0) is 42.8 Å². The second kappa shape index (κ2) is 7.68. The lowest BCUT2D eigenvalue weighted by molar-refractivity contribution is -0.126. The van der Waals surface area contributed by atoms with Gasteiger partial charge in [0.1, 0.15) is 5.92 Å². The summed E-state index contributed by atoms with van der Waals surface area (Å²) in [4.78, 5) is 34.1. The number of nitrogens with zero attached hydrogens (tertiary/aromatic N) is 2. The molecule has 5 rings (SSSR count). The highest BCUT2D eigenvalue weighted by molar-refractivity contribution is 6.35. The van der Waals surface area contributed by atoms with E-state index in [9.17, 15) is 9.59 Å². The van der Waals surface area contributed by atoms with Gasteiger partial charge in [-0.1, -0.05) is 71.2 Å². The number of benzene rings is 3. The van der Waals surface area contributed by atoms with E-state index in [4.69, 9.17) is 28.0 Å². The second-order valence-corrected chi connectivity index (χ2v) is 8.58. The molecule has 3 atom stereocenters. The fourth-order valence-corrected chi connectivity index (χ4v) is 4.75. The standard InChI is InChI=1S/C24H18Cl2N2O3/c1-14-7-9-15(10-8-14)21-20-22(31-28(21)18-5-3-2-4-6-18)24(30)27(23(20)29)19-12-16(25)11-17(26)13-19/h2-13,20-22H,1H3/t20-,21+,22-/m0/s1. The van der Waals surface area contributed by atoms with Crippen LogP contribution in [-0.2, 0) is 14.4 Å². The van der Waals surface area contributed by atoms with E-state index in [0.717, 1.165) is 21.7 Å². The number of carbonyl (C=O) groups excluding carboxylic acids is 2. The maximum absolute atomic E-state index is 13.6. The molecule has 2 amide bonds. The van der Waals surface area contributed by atoms with E-state index < -0.39 is 24.0 Å². The number of imide groups is 1. The summed E-state index contributed by atoms with van der Waals surface area (Å²) in [6, 6.07) is 21.6. The summed E-state index contributed by atoms with van der Waals surface area (Å²) >= 11 is 12.2. The summed E-state index contributed by atoms with van der Waals surface area (Å²) in [5.41, 5.74) is 3.13. The minimum atomic E-state index is -0.934. The first-order valence-electron chi connectivity index (χ1n) is 9.85. The SMILES string of the molecule is Cc1ccc([C@@H]2[C@@H]3C(=O)N(c4cc(Cl)cc(Cl)c4)C(=O)[C@H]3ON2c2ccccc2)cc1. The van der Waals surface area contributed by atoms with E-state index in [2.05, 4.69) is 0 Å². The van der Waals surface area contributed by atoms with Gasteiger partial charge in [-0.2, -0.15) is 0 Å². The Morgan fingerprint density at radius 3 is 2.10 bits per heavy atom. The number of amides is 2. The first kappa shape index (κ1) is 20.1. The Bertz CT molecular complexity index is 1150. The number of rotatable bonds is 3. The van der Waals surface area contributed by atoms with Gasteiger partial charge in [0.2, 0.25) is 5.91 Å². The third-order valence-electron chi connectivity index (χ3n) is 5.65. The first-order chi connectivity index (χ1) is 14.9. The molecule has 3 aromatic carbocycles. The van der Waals surface area contributed by atoms with E-state index in [-0.39, 0.29) is 5.91 Å². The summed E-state index contributed by atoms with van der Waals surface area (Å²) in [5, 5.41) is 2.38. The number of para-hydroxylation sites is 1. The van der Waals surface area contributed by atoms with Gasteiger partial charge >= 0.3 is 0 Å². The van der Waals surface area contributed by atoms with Gasteiger partial charge in [-0.15, -0.1) is 0 Å². The topological polar surface area (TPSA) is 49.9 Å². The third-order valence-corrected chi connectivity index (χ3v) is 6.09. The molecule has 2 aliphatic rings. The maximum Gasteiger partial charge on any atom is 0.266 e. The molecule has 3 aromatic rings. The quantitative estimate of drug-likeness (QED) is 0.502. The number of halogens is 2. The van der Waals surface area contributed by atoms with Crippen molar-refractivity contribution in [3.05, 3.63) is 94.0 Å². The van der Waals surface area contributed by atoms with Crippen LogP contribution >= 0.6 is 23.2 Å². The molecule has 0 unspecified atom stereocenters. The van der Waals surface area contributed by atoms with Gasteiger partial charge in [-0.3, -0.25) is 14.4 Å². The molecule has 5 nitrogen and oxygen atoms in total. The summed E-state index contributed by atoms with van der Waals surface area (Å²) < 4.78 is 0. The fraction of sp³-hybridized carbons (Fsp3) is 0.167. The normalized spacial score (nSPS) is 22.9. The lowest BCUT2D eigenvalue weighted by Crippen LogP contribution is -2.37. The van der Waals surface area contributed by atoms with Gasteiger partial charge in [-0.25, -0.2) is 9.96 Å². The zero-order chi connectivity index (χ0) is 21.7. The molecule has 31 heavy (non-hydrogen) atoms. The van der Waals surface area contributed by atoms with Crippen molar-refractivity contribution in [1.29, 1.82) is 0 Å². The predicted octanol–water partition coefficient (Wildman–Crippen LogP) is 5.35. The maximum atomic E-state index is 13.6. The molecule has 0 N–H and O–H groups in total. The van der Waals surface area contributed by atoms with Gasteiger partial charge in [0.05, 0.1) is 17.4 Å².